The molecular weight excluding hydrogens is 354 g/mol. The summed E-state index contributed by atoms with van der Waals surface area (Å²) in [7, 11) is 0. The van der Waals surface area contributed by atoms with Crippen LogP contribution in [0.3, 0.4) is 0 Å². The predicted molar refractivity (Wildman–Crippen MR) is 98.3 cm³/mol. The number of thiocarbonyl (C=S) groups is 1. The van der Waals surface area contributed by atoms with Crippen LogP contribution in [-0.2, 0) is 4.79 Å². The SMILES string of the molecule is O=C1NC(=S)SC1=Cc1ccc(Sc2ccc(Cl)cc2)cc1. The van der Waals surface area contributed by atoms with Crippen molar-refractivity contribution in [1.82, 2.24) is 5.32 Å². The summed E-state index contributed by atoms with van der Waals surface area (Å²) in [6.07, 6.45) is 1.84. The first-order valence-corrected chi connectivity index (χ1v) is 8.80. The number of thioether (sulfide) groups is 1. The quantitative estimate of drug-likeness (QED) is 0.615. The van der Waals surface area contributed by atoms with Gasteiger partial charge in [0.1, 0.15) is 4.32 Å². The Hall–Kier alpha value is -1.27. The topological polar surface area (TPSA) is 29.1 Å². The molecule has 1 heterocycles. The summed E-state index contributed by atoms with van der Waals surface area (Å²) in [4.78, 5) is 14.5. The summed E-state index contributed by atoms with van der Waals surface area (Å²) in [6, 6.07) is 15.8. The van der Waals surface area contributed by atoms with Crippen LogP contribution < -0.4 is 5.32 Å². The van der Waals surface area contributed by atoms with Crippen molar-refractivity contribution < 1.29 is 4.79 Å². The third-order valence-electron chi connectivity index (χ3n) is 2.87. The van der Waals surface area contributed by atoms with Gasteiger partial charge in [-0.3, -0.25) is 4.79 Å². The monoisotopic (exact) mass is 363 g/mol. The zero-order valence-corrected chi connectivity index (χ0v) is 14.4. The first-order valence-electron chi connectivity index (χ1n) is 6.38. The number of amides is 1. The lowest BCUT2D eigenvalue weighted by Gasteiger charge is -2.03. The number of hydrogen-bond acceptors (Lipinski definition) is 4. The molecule has 2 nitrogen and oxygen atoms in total. The van der Waals surface area contributed by atoms with Gasteiger partial charge in [0.25, 0.3) is 5.91 Å². The maximum absolute atomic E-state index is 11.6. The van der Waals surface area contributed by atoms with Crippen molar-refractivity contribution in [1.29, 1.82) is 0 Å². The van der Waals surface area contributed by atoms with E-state index in [1.807, 2.05) is 54.6 Å². The number of nitrogens with one attached hydrogen (secondary N) is 1. The molecule has 1 N–H and O–H groups in total. The fraction of sp³-hybridized carbons (Fsp3) is 0. The minimum atomic E-state index is -0.130. The number of carbonyl (C=O) groups excluding carboxylic acids is 1. The summed E-state index contributed by atoms with van der Waals surface area (Å²) in [6.45, 7) is 0. The van der Waals surface area contributed by atoms with Gasteiger partial charge in [-0.15, -0.1) is 0 Å². The van der Waals surface area contributed by atoms with E-state index in [0.29, 0.717) is 9.23 Å². The highest BCUT2D eigenvalue weighted by atomic mass is 35.5. The fourth-order valence-corrected chi connectivity index (χ4v) is 3.83. The predicted octanol–water partition coefficient (Wildman–Crippen LogP) is 4.98. The van der Waals surface area contributed by atoms with E-state index in [4.69, 9.17) is 23.8 Å². The van der Waals surface area contributed by atoms with Gasteiger partial charge >= 0.3 is 0 Å². The molecule has 110 valence electrons. The van der Waals surface area contributed by atoms with E-state index in [0.717, 1.165) is 20.4 Å². The molecule has 0 aromatic heterocycles. The number of rotatable bonds is 3. The van der Waals surface area contributed by atoms with Crippen LogP contribution in [-0.4, -0.2) is 10.2 Å². The van der Waals surface area contributed by atoms with Gasteiger partial charge in [-0.2, -0.15) is 0 Å². The summed E-state index contributed by atoms with van der Waals surface area (Å²) in [5.74, 6) is -0.130. The summed E-state index contributed by atoms with van der Waals surface area (Å²) in [5, 5.41) is 3.34. The van der Waals surface area contributed by atoms with Crippen LogP contribution in [0, 0.1) is 0 Å². The number of halogens is 1. The van der Waals surface area contributed by atoms with Gasteiger partial charge in [0.2, 0.25) is 0 Å². The minimum Gasteiger partial charge on any atom is -0.307 e. The van der Waals surface area contributed by atoms with E-state index in [9.17, 15) is 4.79 Å². The third-order valence-corrected chi connectivity index (χ3v) is 5.30. The van der Waals surface area contributed by atoms with Crippen LogP contribution in [0.25, 0.3) is 6.08 Å². The molecule has 1 fully saturated rings. The lowest BCUT2D eigenvalue weighted by Crippen LogP contribution is -2.17. The van der Waals surface area contributed by atoms with Crippen LogP contribution in [0.4, 0.5) is 0 Å². The standard InChI is InChI=1S/C16H10ClNOS3/c17-11-3-7-13(8-4-11)21-12-5-1-10(2-6-12)9-14-15(19)18-16(20)22-14/h1-9H,(H,18,19,20). The van der Waals surface area contributed by atoms with Crippen molar-refractivity contribution in [3.63, 3.8) is 0 Å². The summed E-state index contributed by atoms with van der Waals surface area (Å²) < 4.78 is 0.506. The lowest BCUT2D eigenvalue weighted by atomic mass is 10.2. The average Bonchev–Trinajstić information content (AvgIpc) is 2.81. The molecule has 1 amide bonds. The molecule has 0 bridgehead atoms. The molecule has 0 atom stereocenters. The molecule has 1 saturated heterocycles. The zero-order chi connectivity index (χ0) is 15.5. The van der Waals surface area contributed by atoms with Gasteiger partial charge in [0.05, 0.1) is 4.91 Å². The van der Waals surface area contributed by atoms with Crippen LogP contribution in [0.2, 0.25) is 5.02 Å². The highest BCUT2D eigenvalue weighted by molar-refractivity contribution is 8.26. The van der Waals surface area contributed by atoms with Crippen molar-refractivity contribution in [2.24, 2.45) is 0 Å². The molecule has 0 saturated carbocycles. The zero-order valence-electron chi connectivity index (χ0n) is 11.2. The number of hydrogen-bond donors (Lipinski definition) is 1. The fourth-order valence-electron chi connectivity index (χ4n) is 1.84. The van der Waals surface area contributed by atoms with Crippen molar-refractivity contribution in [3.05, 3.63) is 64.0 Å². The van der Waals surface area contributed by atoms with E-state index in [1.165, 1.54) is 11.8 Å². The van der Waals surface area contributed by atoms with Gasteiger partial charge in [-0.05, 0) is 48.0 Å². The summed E-state index contributed by atoms with van der Waals surface area (Å²) in [5.41, 5.74) is 0.975. The smallest absolute Gasteiger partial charge is 0.263 e. The number of benzene rings is 2. The second-order valence-electron chi connectivity index (χ2n) is 4.48. The second-order valence-corrected chi connectivity index (χ2v) is 7.78. The molecule has 1 aliphatic rings. The Kier molecular flexibility index (Phi) is 4.88. The molecular formula is C16H10ClNOS3. The first kappa shape index (κ1) is 15.6. The molecule has 2 aromatic rings. The van der Waals surface area contributed by atoms with E-state index < -0.39 is 0 Å². The normalized spacial score (nSPS) is 16.1. The summed E-state index contributed by atoms with van der Waals surface area (Å²) >= 11 is 13.8. The maximum Gasteiger partial charge on any atom is 0.263 e. The number of carbonyl (C=O) groups is 1. The lowest BCUT2D eigenvalue weighted by molar-refractivity contribution is -0.115. The van der Waals surface area contributed by atoms with Gasteiger partial charge in [0, 0.05) is 14.8 Å². The Balaban J connectivity index is 1.73. The molecule has 6 heteroatoms. The Morgan fingerprint density at radius 2 is 1.64 bits per heavy atom. The van der Waals surface area contributed by atoms with Crippen LogP contribution in [0.5, 0.6) is 0 Å². The molecule has 0 spiro atoms. The van der Waals surface area contributed by atoms with Crippen LogP contribution in [0.15, 0.2) is 63.2 Å². The van der Waals surface area contributed by atoms with Crippen LogP contribution in [0.1, 0.15) is 5.56 Å². The molecule has 0 radical (unpaired) electrons. The molecule has 0 aliphatic carbocycles. The second kappa shape index (κ2) is 6.87. The van der Waals surface area contributed by atoms with Gasteiger partial charge in [-0.1, -0.05) is 59.5 Å². The van der Waals surface area contributed by atoms with Gasteiger partial charge in [-0.25, -0.2) is 0 Å². The highest BCUT2D eigenvalue weighted by Crippen LogP contribution is 2.30. The third kappa shape index (κ3) is 3.93. The Morgan fingerprint density at radius 1 is 1.05 bits per heavy atom. The van der Waals surface area contributed by atoms with E-state index >= 15 is 0 Å². The van der Waals surface area contributed by atoms with Crippen molar-refractivity contribution in [2.75, 3.05) is 0 Å². The first-order chi connectivity index (χ1) is 10.6. The molecule has 2 aromatic carbocycles. The van der Waals surface area contributed by atoms with Crippen molar-refractivity contribution >= 4 is 63.6 Å². The van der Waals surface area contributed by atoms with E-state index in [1.54, 1.807) is 11.8 Å². The van der Waals surface area contributed by atoms with E-state index in [2.05, 4.69) is 5.32 Å². The van der Waals surface area contributed by atoms with E-state index in [-0.39, 0.29) is 5.91 Å². The van der Waals surface area contributed by atoms with Gasteiger partial charge in [0.15, 0.2) is 0 Å². The Morgan fingerprint density at radius 3 is 2.18 bits per heavy atom. The molecule has 3 rings (SSSR count). The molecule has 0 unspecified atom stereocenters. The van der Waals surface area contributed by atoms with Crippen molar-refractivity contribution in [2.45, 2.75) is 9.79 Å². The molecule has 22 heavy (non-hydrogen) atoms. The Labute approximate surface area is 147 Å². The average molecular weight is 364 g/mol. The van der Waals surface area contributed by atoms with Crippen LogP contribution >= 0.6 is 47.3 Å². The van der Waals surface area contributed by atoms with Crippen molar-refractivity contribution in [3.8, 4) is 0 Å². The van der Waals surface area contributed by atoms with Gasteiger partial charge < -0.3 is 5.32 Å². The molecule has 1 aliphatic heterocycles. The largest absolute Gasteiger partial charge is 0.307 e. The maximum atomic E-state index is 11.6. The Bertz CT molecular complexity index is 754. The highest BCUT2D eigenvalue weighted by Gasteiger charge is 2.21. The minimum absolute atomic E-state index is 0.130.